The largest absolute Gasteiger partial charge is 0.463 e. The Bertz CT molecular complexity index is 245. The molecule has 1 saturated heterocycles. The second-order valence-electron chi connectivity index (χ2n) is 2.78. The predicted molar refractivity (Wildman–Crippen MR) is 48.4 cm³/mol. The molecule has 14 heavy (non-hydrogen) atoms. The van der Waals surface area contributed by atoms with Crippen LogP contribution in [-0.4, -0.2) is 36.7 Å². The van der Waals surface area contributed by atoms with Gasteiger partial charge in [0.1, 0.15) is 6.26 Å². The minimum absolute atomic E-state index is 0.309. The van der Waals surface area contributed by atoms with Gasteiger partial charge in [0.2, 0.25) is 0 Å². The zero-order valence-corrected chi connectivity index (χ0v) is 8.06. The maximum absolute atomic E-state index is 11.1. The maximum Gasteiger partial charge on any atom is 0.414 e. The first-order valence-electron chi connectivity index (χ1n) is 4.53. The van der Waals surface area contributed by atoms with E-state index >= 15 is 0 Å². The number of nitrogens with zero attached hydrogens (tertiary/aromatic N) is 1. The average molecular weight is 199 g/mol. The molecule has 78 valence electrons. The van der Waals surface area contributed by atoms with Crippen molar-refractivity contribution in [3.63, 3.8) is 0 Å². The molecule has 0 aromatic heterocycles. The highest BCUT2D eigenvalue weighted by atomic mass is 16.6. The van der Waals surface area contributed by atoms with E-state index < -0.39 is 12.1 Å². The van der Waals surface area contributed by atoms with E-state index in [9.17, 15) is 9.59 Å². The Morgan fingerprint density at radius 2 is 2.14 bits per heavy atom. The van der Waals surface area contributed by atoms with E-state index in [4.69, 9.17) is 0 Å². The van der Waals surface area contributed by atoms with Crippen LogP contribution in [0, 0.1) is 0 Å². The van der Waals surface area contributed by atoms with Gasteiger partial charge < -0.3 is 14.4 Å². The number of carbonyl (C=O) groups excluding carboxylic acids is 2. The summed E-state index contributed by atoms with van der Waals surface area (Å²) >= 11 is 0. The zero-order chi connectivity index (χ0) is 10.4. The third-order valence-electron chi connectivity index (χ3n) is 1.77. The van der Waals surface area contributed by atoms with Gasteiger partial charge in [0.05, 0.1) is 12.7 Å². The van der Waals surface area contributed by atoms with Crippen molar-refractivity contribution in [1.82, 2.24) is 4.90 Å². The SMILES string of the molecule is CCOC(=O)/C=C/OC(=O)N1CCC1. The molecule has 0 unspecified atom stereocenters. The van der Waals surface area contributed by atoms with Gasteiger partial charge in [0, 0.05) is 13.1 Å². The second kappa shape index (κ2) is 5.26. The molecular weight excluding hydrogens is 186 g/mol. The lowest BCUT2D eigenvalue weighted by Crippen LogP contribution is -2.41. The number of rotatable bonds is 3. The summed E-state index contributed by atoms with van der Waals surface area (Å²) in [5.74, 6) is -0.510. The fraction of sp³-hybridized carbons (Fsp3) is 0.556. The van der Waals surface area contributed by atoms with E-state index in [-0.39, 0.29) is 0 Å². The van der Waals surface area contributed by atoms with Crippen LogP contribution in [-0.2, 0) is 14.3 Å². The van der Waals surface area contributed by atoms with Crippen LogP contribution in [0.1, 0.15) is 13.3 Å². The topological polar surface area (TPSA) is 55.8 Å². The van der Waals surface area contributed by atoms with Gasteiger partial charge in [0.25, 0.3) is 0 Å². The summed E-state index contributed by atoms with van der Waals surface area (Å²) in [6.45, 7) is 3.47. The summed E-state index contributed by atoms with van der Waals surface area (Å²) in [4.78, 5) is 23.4. The standard InChI is InChI=1S/C9H13NO4/c1-2-13-8(11)4-7-14-9(12)10-5-3-6-10/h4,7H,2-3,5-6H2,1H3/b7-4+. The van der Waals surface area contributed by atoms with Crippen LogP contribution >= 0.6 is 0 Å². The fourth-order valence-electron chi connectivity index (χ4n) is 0.911. The van der Waals surface area contributed by atoms with Crippen molar-refractivity contribution in [1.29, 1.82) is 0 Å². The summed E-state index contributed by atoms with van der Waals surface area (Å²) in [5, 5.41) is 0. The zero-order valence-electron chi connectivity index (χ0n) is 8.06. The lowest BCUT2D eigenvalue weighted by molar-refractivity contribution is -0.137. The van der Waals surface area contributed by atoms with Crippen LogP contribution in [0.15, 0.2) is 12.3 Å². The fourth-order valence-corrected chi connectivity index (χ4v) is 0.911. The molecule has 5 heteroatoms. The highest BCUT2D eigenvalue weighted by Gasteiger charge is 2.20. The predicted octanol–water partition coefficient (Wildman–Crippen LogP) is 0.906. The third-order valence-corrected chi connectivity index (χ3v) is 1.77. The van der Waals surface area contributed by atoms with Crippen LogP contribution in [0.25, 0.3) is 0 Å². The first kappa shape index (κ1) is 10.6. The first-order chi connectivity index (χ1) is 6.74. The molecule has 1 rings (SSSR count). The number of carbonyl (C=O) groups is 2. The molecule has 0 aliphatic carbocycles. The molecule has 1 aliphatic heterocycles. The molecule has 0 bridgehead atoms. The van der Waals surface area contributed by atoms with Crippen LogP contribution in [0.3, 0.4) is 0 Å². The summed E-state index contributed by atoms with van der Waals surface area (Å²) in [7, 11) is 0. The van der Waals surface area contributed by atoms with Crippen LogP contribution in [0.5, 0.6) is 0 Å². The number of hydrogen-bond donors (Lipinski definition) is 0. The summed E-state index contributed by atoms with van der Waals surface area (Å²) in [6.07, 6.45) is 2.73. The van der Waals surface area contributed by atoms with Crippen molar-refractivity contribution >= 4 is 12.1 Å². The molecule has 0 radical (unpaired) electrons. The van der Waals surface area contributed by atoms with Gasteiger partial charge in [-0.3, -0.25) is 0 Å². The quantitative estimate of drug-likeness (QED) is 0.385. The Hall–Kier alpha value is -1.52. The minimum atomic E-state index is -0.510. The molecule has 1 heterocycles. The minimum Gasteiger partial charge on any atom is -0.463 e. The normalized spacial score (nSPS) is 15.1. The van der Waals surface area contributed by atoms with Gasteiger partial charge in [-0.15, -0.1) is 0 Å². The van der Waals surface area contributed by atoms with Crippen molar-refractivity contribution in [2.24, 2.45) is 0 Å². The average Bonchev–Trinajstić information content (AvgIpc) is 2.01. The van der Waals surface area contributed by atoms with E-state index in [2.05, 4.69) is 9.47 Å². The molecule has 5 nitrogen and oxygen atoms in total. The van der Waals surface area contributed by atoms with E-state index in [0.29, 0.717) is 6.61 Å². The molecule has 0 saturated carbocycles. The summed E-state index contributed by atoms with van der Waals surface area (Å²) in [6, 6.07) is 0. The van der Waals surface area contributed by atoms with Crippen molar-refractivity contribution in [2.75, 3.05) is 19.7 Å². The lowest BCUT2D eigenvalue weighted by Gasteiger charge is -2.28. The van der Waals surface area contributed by atoms with E-state index in [0.717, 1.165) is 31.8 Å². The Kier molecular flexibility index (Phi) is 3.97. The highest BCUT2D eigenvalue weighted by Crippen LogP contribution is 2.07. The Balaban J connectivity index is 2.18. The molecule has 1 aliphatic rings. The van der Waals surface area contributed by atoms with Crippen molar-refractivity contribution < 1.29 is 19.1 Å². The van der Waals surface area contributed by atoms with Gasteiger partial charge in [-0.25, -0.2) is 9.59 Å². The van der Waals surface area contributed by atoms with Gasteiger partial charge in [0.15, 0.2) is 0 Å². The third kappa shape index (κ3) is 3.08. The monoisotopic (exact) mass is 199 g/mol. The number of ether oxygens (including phenoxy) is 2. The first-order valence-corrected chi connectivity index (χ1v) is 4.53. The Labute approximate surface area is 82.3 Å². The van der Waals surface area contributed by atoms with Crippen LogP contribution < -0.4 is 0 Å². The Morgan fingerprint density at radius 3 is 2.64 bits per heavy atom. The Morgan fingerprint density at radius 1 is 1.43 bits per heavy atom. The molecular formula is C9H13NO4. The number of esters is 1. The lowest BCUT2D eigenvalue weighted by atomic mass is 10.2. The van der Waals surface area contributed by atoms with Crippen LogP contribution in [0.4, 0.5) is 4.79 Å². The number of hydrogen-bond acceptors (Lipinski definition) is 4. The summed E-state index contributed by atoms with van der Waals surface area (Å²) in [5.41, 5.74) is 0. The van der Waals surface area contributed by atoms with Gasteiger partial charge in [-0.1, -0.05) is 0 Å². The second-order valence-corrected chi connectivity index (χ2v) is 2.78. The molecule has 0 atom stereocenters. The number of likely N-dealkylation sites (tertiary alicyclic amines) is 1. The molecule has 0 N–H and O–H groups in total. The van der Waals surface area contributed by atoms with Gasteiger partial charge in [-0.05, 0) is 13.3 Å². The molecule has 1 amide bonds. The van der Waals surface area contributed by atoms with Crippen molar-refractivity contribution in [3.05, 3.63) is 12.3 Å². The molecule has 0 aromatic rings. The highest BCUT2D eigenvalue weighted by molar-refractivity contribution is 5.82. The maximum atomic E-state index is 11.1. The molecule has 0 aromatic carbocycles. The van der Waals surface area contributed by atoms with E-state index in [1.165, 1.54) is 0 Å². The molecule has 1 fully saturated rings. The van der Waals surface area contributed by atoms with E-state index in [1.807, 2.05) is 0 Å². The van der Waals surface area contributed by atoms with Crippen LogP contribution in [0.2, 0.25) is 0 Å². The molecule has 0 spiro atoms. The van der Waals surface area contributed by atoms with Gasteiger partial charge >= 0.3 is 12.1 Å². The summed E-state index contributed by atoms with van der Waals surface area (Å²) < 4.78 is 9.26. The number of amides is 1. The van der Waals surface area contributed by atoms with Gasteiger partial charge in [-0.2, -0.15) is 0 Å². The van der Waals surface area contributed by atoms with Crippen molar-refractivity contribution in [2.45, 2.75) is 13.3 Å². The van der Waals surface area contributed by atoms with Crippen molar-refractivity contribution in [3.8, 4) is 0 Å². The van der Waals surface area contributed by atoms with E-state index in [1.54, 1.807) is 11.8 Å². The smallest absolute Gasteiger partial charge is 0.414 e.